The monoisotopic (exact) mass is 257 g/mol. The van der Waals surface area contributed by atoms with Crippen LogP contribution in [0.15, 0.2) is 24.3 Å². The van der Waals surface area contributed by atoms with Gasteiger partial charge in [-0.1, -0.05) is 24.3 Å². The van der Waals surface area contributed by atoms with Crippen LogP contribution in [0, 0.1) is 0 Å². The van der Waals surface area contributed by atoms with Crippen LogP contribution in [0.5, 0.6) is 0 Å². The van der Waals surface area contributed by atoms with Gasteiger partial charge in [0.15, 0.2) is 5.78 Å². The molecule has 0 radical (unpaired) electrons. The molecule has 1 atom stereocenters. The summed E-state index contributed by atoms with van der Waals surface area (Å²) >= 11 is 0. The smallest absolute Gasteiger partial charge is 0.338 e. The van der Waals surface area contributed by atoms with Gasteiger partial charge >= 0.3 is 12.1 Å². The van der Waals surface area contributed by atoms with Gasteiger partial charge < -0.3 is 5.32 Å². The summed E-state index contributed by atoms with van der Waals surface area (Å²) < 4.78 is 36.3. The maximum absolute atomic E-state index is 12.1. The van der Waals surface area contributed by atoms with Crippen LogP contribution in [0.3, 0.4) is 0 Å². The first-order valence-electron chi connectivity index (χ1n) is 5.39. The Labute approximate surface area is 101 Å². The fourth-order valence-electron chi connectivity index (χ4n) is 1.98. The number of alkyl halides is 3. The lowest BCUT2D eigenvalue weighted by molar-refractivity contribution is -0.174. The number of benzene rings is 1. The molecule has 1 unspecified atom stereocenters. The third-order valence-corrected chi connectivity index (χ3v) is 2.86. The molecular weight excluding hydrogens is 247 g/mol. The van der Waals surface area contributed by atoms with E-state index in [1.165, 1.54) is 0 Å². The third-order valence-electron chi connectivity index (χ3n) is 2.86. The summed E-state index contributed by atoms with van der Waals surface area (Å²) in [6.07, 6.45) is -4.29. The normalized spacial score (nSPS) is 19.3. The van der Waals surface area contributed by atoms with Crippen LogP contribution in [0.25, 0.3) is 0 Å². The molecule has 6 heteroatoms. The molecule has 1 aliphatic rings. The lowest BCUT2D eigenvalue weighted by Crippen LogP contribution is -2.48. The number of hydrogen-bond acceptors (Lipinski definition) is 2. The molecule has 0 heterocycles. The van der Waals surface area contributed by atoms with Crippen LogP contribution in [0.1, 0.15) is 22.3 Å². The molecule has 0 aromatic heterocycles. The molecule has 0 aliphatic heterocycles. The molecule has 1 aromatic rings. The minimum atomic E-state index is -4.96. The summed E-state index contributed by atoms with van der Waals surface area (Å²) in [5, 5.41) is 1.74. The molecule has 0 fully saturated rings. The second-order valence-corrected chi connectivity index (χ2v) is 4.08. The number of rotatable bonds is 1. The molecule has 1 N–H and O–H groups in total. The first-order chi connectivity index (χ1) is 8.39. The highest BCUT2D eigenvalue weighted by Gasteiger charge is 2.41. The van der Waals surface area contributed by atoms with Crippen LogP contribution >= 0.6 is 0 Å². The van der Waals surface area contributed by atoms with Gasteiger partial charge in [-0.05, 0) is 18.4 Å². The van der Waals surface area contributed by atoms with E-state index < -0.39 is 23.9 Å². The molecule has 0 saturated heterocycles. The van der Waals surface area contributed by atoms with Crippen LogP contribution < -0.4 is 5.32 Å². The van der Waals surface area contributed by atoms with E-state index in [1.54, 1.807) is 29.6 Å². The Morgan fingerprint density at radius 1 is 1.28 bits per heavy atom. The van der Waals surface area contributed by atoms with Crippen LogP contribution in [-0.2, 0) is 11.2 Å². The molecule has 18 heavy (non-hydrogen) atoms. The summed E-state index contributed by atoms with van der Waals surface area (Å²) in [6, 6.07) is 5.64. The Hall–Kier alpha value is -1.85. The standard InChI is InChI=1S/C12H10F3NO2/c13-12(14,15)11(18)16-9-6-5-7-3-1-2-4-8(7)10(9)17/h1-4,9H,5-6H2,(H,16,18). The molecule has 96 valence electrons. The van der Waals surface area contributed by atoms with Gasteiger partial charge in [-0.2, -0.15) is 13.2 Å². The summed E-state index contributed by atoms with van der Waals surface area (Å²) in [7, 11) is 0. The average Bonchev–Trinajstić information content (AvgIpc) is 2.32. The second kappa shape index (κ2) is 4.44. The van der Waals surface area contributed by atoms with E-state index in [9.17, 15) is 22.8 Å². The van der Waals surface area contributed by atoms with E-state index in [0.717, 1.165) is 5.56 Å². The van der Waals surface area contributed by atoms with Crippen molar-refractivity contribution in [2.45, 2.75) is 25.1 Å². The number of hydrogen-bond donors (Lipinski definition) is 1. The van der Waals surface area contributed by atoms with E-state index in [0.29, 0.717) is 12.0 Å². The molecule has 3 nitrogen and oxygen atoms in total. The molecule has 0 saturated carbocycles. The minimum Gasteiger partial charge on any atom is -0.338 e. The fourth-order valence-corrected chi connectivity index (χ4v) is 1.98. The summed E-state index contributed by atoms with van der Waals surface area (Å²) in [5.41, 5.74) is 1.19. The Morgan fingerprint density at radius 3 is 2.61 bits per heavy atom. The summed E-state index contributed by atoms with van der Waals surface area (Å²) in [4.78, 5) is 22.7. The number of Topliss-reactive ketones (excluding diaryl/α,β-unsaturated/α-hetero) is 1. The van der Waals surface area contributed by atoms with E-state index in [-0.39, 0.29) is 6.42 Å². The van der Waals surface area contributed by atoms with Gasteiger partial charge in [0.1, 0.15) is 0 Å². The van der Waals surface area contributed by atoms with Crippen molar-refractivity contribution >= 4 is 11.7 Å². The zero-order valence-corrected chi connectivity index (χ0v) is 9.25. The number of ketones is 1. The maximum atomic E-state index is 12.1. The number of aryl methyl sites for hydroxylation is 1. The van der Waals surface area contributed by atoms with E-state index in [1.807, 2.05) is 0 Å². The van der Waals surface area contributed by atoms with Crippen LogP contribution in [0.4, 0.5) is 13.2 Å². The van der Waals surface area contributed by atoms with Crippen molar-refractivity contribution in [3.63, 3.8) is 0 Å². The largest absolute Gasteiger partial charge is 0.471 e. The van der Waals surface area contributed by atoms with Crippen LogP contribution in [0.2, 0.25) is 0 Å². The van der Waals surface area contributed by atoms with E-state index in [4.69, 9.17) is 0 Å². The lowest BCUT2D eigenvalue weighted by Gasteiger charge is -2.24. The molecule has 1 amide bonds. The van der Waals surface area contributed by atoms with Gasteiger partial charge in [0.05, 0.1) is 6.04 Å². The number of carbonyl (C=O) groups is 2. The van der Waals surface area contributed by atoms with Gasteiger partial charge in [-0.15, -0.1) is 0 Å². The molecule has 0 spiro atoms. The molecular formula is C12H10F3NO2. The number of carbonyl (C=O) groups excluding carboxylic acids is 2. The first-order valence-corrected chi connectivity index (χ1v) is 5.39. The predicted octanol–water partition coefficient (Wildman–Crippen LogP) is 1.86. The second-order valence-electron chi connectivity index (χ2n) is 4.08. The Bertz CT molecular complexity index is 496. The quantitative estimate of drug-likeness (QED) is 0.834. The maximum Gasteiger partial charge on any atom is 0.471 e. The molecule has 1 aliphatic carbocycles. The van der Waals surface area contributed by atoms with Crippen molar-refractivity contribution in [2.75, 3.05) is 0 Å². The Balaban J connectivity index is 2.15. The number of fused-ring (bicyclic) bond motifs is 1. The highest BCUT2D eigenvalue weighted by molar-refractivity contribution is 6.04. The van der Waals surface area contributed by atoms with Crippen molar-refractivity contribution in [1.82, 2.24) is 5.32 Å². The van der Waals surface area contributed by atoms with Gasteiger partial charge in [-0.3, -0.25) is 9.59 Å². The predicted molar refractivity (Wildman–Crippen MR) is 57.1 cm³/mol. The first kappa shape index (κ1) is 12.6. The molecule has 0 bridgehead atoms. The minimum absolute atomic E-state index is 0.192. The van der Waals surface area contributed by atoms with Crippen molar-refractivity contribution in [3.05, 3.63) is 35.4 Å². The van der Waals surface area contributed by atoms with Crippen molar-refractivity contribution in [2.24, 2.45) is 0 Å². The van der Waals surface area contributed by atoms with Gasteiger partial charge in [0.25, 0.3) is 0 Å². The van der Waals surface area contributed by atoms with Crippen LogP contribution in [-0.4, -0.2) is 23.9 Å². The van der Waals surface area contributed by atoms with E-state index in [2.05, 4.69) is 0 Å². The van der Waals surface area contributed by atoms with Crippen molar-refractivity contribution in [1.29, 1.82) is 0 Å². The number of nitrogens with one attached hydrogen (secondary N) is 1. The zero-order chi connectivity index (χ0) is 13.3. The average molecular weight is 257 g/mol. The van der Waals surface area contributed by atoms with Gasteiger partial charge in [0, 0.05) is 5.56 Å². The SMILES string of the molecule is O=C1c2ccccc2CCC1NC(=O)C(F)(F)F. The number of halogens is 3. The highest BCUT2D eigenvalue weighted by atomic mass is 19.4. The number of amides is 1. The van der Waals surface area contributed by atoms with E-state index >= 15 is 0 Å². The zero-order valence-electron chi connectivity index (χ0n) is 9.25. The highest BCUT2D eigenvalue weighted by Crippen LogP contribution is 2.22. The Kier molecular flexibility index (Phi) is 3.11. The topological polar surface area (TPSA) is 46.2 Å². The van der Waals surface area contributed by atoms with Crippen molar-refractivity contribution in [3.8, 4) is 0 Å². The van der Waals surface area contributed by atoms with Gasteiger partial charge in [-0.25, -0.2) is 0 Å². The fraction of sp³-hybridized carbons (Fsp3) is 0.333. The summed E-state index contributed by atoms with van der Waals surface area (Å²) in [5.74, 6) is -2.53. The van der Waals surface area contributed by atoms with Gasteiger partial charge in [0.2, 0.25) is 0 Å². The Morgan fingerprint density at radius 2 is 1.94 bits per heavy atom. The van der Waals surface area contributed by atoms with Crippen molar-refractivity contribution < 1.29 is 22.8 Å². The lowest BCUT2D eigenvalue weighted by atomic mass is 9.87. The third kappa shape index (κ3) is 2.37. The molecule has 1 aromatic carbocycles. The molecule has 2 rings (SSSR count). The summed E-state index contributed by atoms with van der Waals surface area (Å²) in [6.45, 7) is 0.